The molecule has 0 saturated carbocycles. The van der Waals surface area contributed by atoms with Crippen molar-refractivity contribution in [2.45, 2.75) is 6.61 Å². The molecule has 0 aliphatic heterocycles. The normalized spacial score (nSPS) is 10.5. The molecule has 1 heterocycles. The zero-order valence-electron chi connectivity index (χ0n) is 11.8. The van der Waals surface area contributed by atoms with E-state index in [1.807, 2.05) is 0 Å². The highest BCUT2D eigenvalue weighted by atomic mass is 79.9. The number of nitrogens with zero attached hydrogens (tertiary/aromatic N) is 1. The van der Waals surface area contributed by atoms with Crippen LogP contribution in [0.5, 0.6) is 5.75 Å². The number of carbonyl (C=O) groups is 2. The molecule has 9 heteroatoms. The molecule has 0 aliphatic rings. The maximum Gasteiger partial charge on any atom is 0.387 e. The lowest BCUT2D eigenvalue weighted by Gasteiger charge is -2.11. The zero-order chi connectivity index (χ0) is 17.0. The van der Waals surface area contributed by atoms with E-state index in [1.165, 1.54) is 24.3 Å². The number of aryl methyl sites for hydroxylation is 1. The fourth-order valence-corrected chi connectivity index (χ4v) is 2.37. The minimum atomic E-state index is -3.06. The van der Waals surface area contributed by atoms with Crippen LogP contribution in [0.25, 0.3) is 0 Å². The van der Waals surface area contributed by atoms with Crippen LogP contribution in [0.4, 0.5) is 8.78 Å². The second-order valence-corrected chi connectivity index (χ2v) is 5.35. The molecule has 0 spiro atoms. The number of nitrogens with one attached hydrogen (secondary N) is 2. The van der Waals surface area contributed by atoms with Crippen LogP contribution < -0.4 is 15.6 Å². The van der Waals surface area contributed by atoms with Gasteiger partial charge < -0.3 is 9.30 Å². The lowest BCUT2D eigenvalue weighted by atomic mass is 10.2. The molecule has 0 radical (unpaired) electrons. The maximum atomic E-state index is 12.3. The molecule has 2 aromatic rings. The van der Waals surface area contributed by atoms with Gasteiger partial charge in [-0.15, -0.1) is 0 Å². The molecule has 122 valence electrons. The molecule has 1 aromatic carbocycles. The zero-order valence-corrected chi connectivity index (χ0v) is 13.4. The average molecular weight is 388 g/mol. The summed E-state index contributed by atoms with van der Waals surface area (Å²) in [6.07, 6.45) is 1.67. The molecule has 1 aromatic heterocycles. The molecule has 2 amide bonds. The molecule has 0 aliphatic carbocycles. The number of carbonyl (C=O) groups excluding carboxylic acids is 2. The highest BCUT2D eigenvalue weighted by Gasteiger charge is 2.17. The first-order valence-corrected chi connectivity index (χ1v) is 7.14. The summed E-state index contributed by atoms with van der Waals surface area (Å²) in [5, 5.41) is 0. The first-order chi connectivity index (χ1) is 10.9. The van der Waals surface area contributed by atoms with Crippen LogP contribution >= 0.6 is 15.9 Å². The second kappa shape index (κ2) is 7.23. The van der Waals surface area contributed by atoms with Crippen LogP contribution in [0, 0.1) is 0 Å². The Hall–Kier alpha value is -2.42. The Labute approximate surface area is 138 Å². The summed E-state index contributed by atoms with van der Waals surface area (Å²) >= 11 is 3.22. The van der Waals surface area contributed by atoms with Crippen molar-refractivity contribution in [1.29, 1.82) is 0 Å². The van der Waals surface area contributed by atoms with E-state index < -0.39 is 18.4 Å². The summed E-state index contributed by atoms with van der Waals surface area (Å²) in [6, 6.07) is 7.04. The molecule has 6 nitrogen and oxygen atoms in total. The van der Waals surface area contributed by atoms with Gasteiger partial charge in [-0.05, 0) is 34.1 Å². The Morgan fingerprint density at radius 2 is 1.87 bits per heavy atom. The van der Waals surface area contributed by atoms with Crippen molar-refractivity contribution in [2.24, 2.45) is 7.05 Å². The van der Waals surface area contributed by atoms with Crippen LogP contribution in [0.2, 0.25) is 0 Å². The monoisotopic (exact) mass is 387 g/mol. The van der Waals surface area contributed by atoms with Crippen LogP contribution in [0.15, 0.2) is 41.0 Å². The number of halogens is 3. The van der Waals surface area contributed by atoms with E-state index in [2.05, 4.69) is 31.5 Å². The van der Waals surface area contributed by atoms with Crippen molar-refractivity contribution in [2.75, 3.05) is 0 Å². The van der Waals surface area contributed by atoms with Gasteiger partial charge in [-0.1, -0.05) is 12.1 Å². The molecular formula is C14H12BrF2N3O3. The van der Waals surface area contributed by atoms with Crippen molar-refractivity contribution >= 4 is 27.7 Å². The first kappa shape index (κ1) is 16.9. The number of ether oxygens (including phenoxy) is 1. The maximum absolute atomic E-state index is 12.3. The Morgan fingerprint density at radius 3 is 2.48 bits per heavy atom. The number of hydrazine groups is 1. The number of hydrogen-bond donors (Lipinski definition) is 2. The van der Waals surface area contributed by atoms with E-state index in [0.29, 0.717) is 10.2 Å². The lowest BCUT2D eigenvalue weighted by Crippen LogP contribution is -2.42. The van der Waals surface area contributed by atoms with Gasteiger partial charge in [0.05, 0.1) is 5.56 Å². The van der Waals surface area contributed by atoms with E-state index in [-0.39, 0.29) is 11.3 Å². The summed E-state index contributed by atoms with van der Waals surface area (Å²) in [7, 11) is 1.66. The minimum Gasteiger partial charge on any atom is -0.434 e. The number of benzene rings is 1. The molecule has 0 fully saturated rings. The van der Waals surface area contributed by atoms with Crippen molar-refractivity contribution in [3.63, 3.8) is 0 Å². The van der Waals surface area contributed by atoms with Gasteiger partial charge in [0.15, 0.2) is 0 Å². The SMILES string of the molecule is Cn1cc(Br)cc1C(=O)NNC(=O)c1ccccc1OC(F)F. The quantitative estimate of drug-likeness (QED) is 0.791. The fourth-order valence-electron chi connectivity index (χ4n) is 1.85. The smallest absolute Gasteiger partial charge is 0.387 e. The molecule has 2 N–H and O–H groups in total. The predicted molar refractivity (Wildman–Crippen MR) is 81.1 cm³/mol. The molecule has 0 atom stereocenters. The topological polar surface area (TPSA) is 72.4 Å². The summed E-state index contributed by atoms with van der Waals surface area (Å²) < 4.78 is 31.1. The number of aromatic nitrogens is 1. The van der Waals surface area contributed by atoms with Crippen LogP contribution in [0.3, 0.4) is 0 Å². The molecule has 0 saturated heterocycles. The summed E-state index contributed by atoms with van der Waals surface area (Å²) in [4.78, 5) is 24.0. The average Bonchev–Trinajstić information content (AvgIpc) is 2.83. The van der Waals surface area contributed by atoms with Crippen molar-refractivity contribution in [3.05, 3.63) is 52.3 Å². The second-order valence-electron chi connectivity index (χ2n) is 4.44. The van der Waals surface area contributed by atoms with Gasteiger partial charge in [-0.2, -0.15) is 8.78 Å². The van der Waals surface area contributed by atoms with Crippen molar-refractivity contribution in [3.8, 4) is 5.75 Å². The minimum absolute atomic E-state index is 0.124. The Bertz CT molecular complexity index is 734. The third kappa shape index (κ3) is 4.28. The Balaban J connectivity index is 2.05. The Kier molecular flexibility index (Phi) is 5.32. The van der Waals surface area contributed by atoms with E-state index >= 15 is 0 Å². The molecule has 23 heavy (non-hydrogen) atoms. The molecule has 0 unspecified atom stereocenters. The third-order valence-corrected chi connectivity index (χ3v) is 3.28. The van der Waals surface area contributed by atoms with E-state index in [4.69, 9.17) is 0 Å². The van der Waals surface area contributed by atoms with E-state index in [0.717, 1.165) is 0 Å². The van der Waals surface area contributed by atoms with Gasteiger partial charge >= 0.3 is 6.61 Å². The van der Waals surface area contributed by atoms with Crippen LogP contribution in [0.1, 0.15) is 20.8 Å². The largest absolute Gasteiger partial charge is 0.434 e. The number of hydrogen-bond acceptors (Lipinski definition) is 3. The molecule has 2 rings (SSSR count). The van der Waals surface area contributed by atoms with Gasteiger partial charge in [-0.25, -0.2) is 0 Å². The van der Waals surface area contributed by atoms with Gasteiger partial charge in [0.2, 0.25) is 0 Å². The first-order valence-electron chi connectivity index (χ1n) is 6.35. The van der Waals surface area contributed by atoms with Gasteiger partial charge in [0, 0.05) is 17.7 Å². The standard InChI is InChI=1S/C14H12BrF2N3O3/c1-20-7-8(15)6-10(20)13(22)19-18-12(21)9-4-2-3-5-11(9)23-14(16)17/h2-7,14H,1H3,(H,18,21)(H,19,22). The number of alkyl halides is 2. The highest BCUT2D eigenvalue weighted by molar-refractivity contribution is 9.10. The van der Waals surface area contributed by atoms with Crippen molar-refractivity contribution in [1.82, 2.24) is 15.4 Å². The number of rotatable bonds is 4. The lowest BCUT2D eigenvalue weighted by molar-refractivity contribution is -0.0501. The van der Waals surface area contributed by atoms with Crippen LogP contribution in [-0.2, 0) is 7.05 Å². The summed E-state index contributed by atoms with van der Waals surface area (Å²) in [5.74, 6) is -1.61. The van der Waals surface area contributed by atoms with Crippen LogP contribution in [-0.4, -0.2) is 23.0 Å². The molecular weight excluding hydrogens is 376 g/mol. The summed E-state index contributed by atoms with van der Waals surface area (Å²) in [5.41, 5.74) is 4.54. The van der Waals surface area contributed by atoms with Gasteiger partial charge in [0.1, 0.15) is 11.4 Å². The fraction of sp³-hybridized carbons (Fsp3) is 0.143. The van der Waals surface area contributed by atoms with E-state index in [1.54, 1.807) is 23.9 Å². The number of para-hydroxylation sites is 1. The van der Waals surface area contributed by atoms with Crippen molar-refractivity contribution < 1.29 is 23.1 Å². The Morgan fingerprint density at radius 1 is 1.22 bits per heavy atom. The third-order valence-electron chi connectivity index (χ3n) is 2.84. The molecule has 0 bridgehead atoms. The highest BCUT2D eigenvalue weighted by Crippen LogP contribution is 2.20. The van der Waals surface area contributed by atoms with Gasteiger partial charge in [0.25, 0.3) is 11.8 Å². The number of amides is 2. The predicted octanol–water partition coefficient (Wildman–Crippen LogP) is 2.46. The van der Waals surface area contributed by atoms with E-state index in [9.17, 15) is 18.4 Å². The summed E-state index contributed by atoms with van der Waals surface area (Å²) in [6.45, 7) is -3.06. The van der Waals surface area contributed by atoms with Gasteiger partial charge in [-0.3, -0.25) is 20.4 Å².